The van der Waals surface area contributed by atoms with Crippen LogP contribution in [0, 0.1) is 11.6 Å². The quantitative estimate of drug-likeness (QED) is 0.517. The van der Waals surface area contributed by atoms with E-state index in [1.807, 2.05) is 0 Å². The molecule has 5 nitrogen and oxygen atoms in total. The number of halogens is 2. The summed E-state index contributed by atoms with van der Waals surface area (Å²) in [7, 11) is 0. The Kier molecular flexibility index (Phi) is 4.78. The molecule has 2 heterocycles. The molecule has 0 bridgehead atoms. The van der Waals surface area contributed by atoms with Crippen molar-refractivity contribution in [2.45, 2.75) is 6.61 Å². The molecule has 0 fully saturated rings. The number of hydrogen-bond acceptors (Lipinski definition) is 6. The van der Waals surface area contributed by atoms with E-state index in [1.165, 1.54) is 59.1 Å². The van der Waals surface area contributed by atoms with E-state index in [-0.39, 0.29) is 23.9 Å². The van der Waals surface area contributed by atoms with Crippen LogP contribution in [-0.4, -0.2) is 15.9 Å². The molecule has 0 atom stereocenters. The van der Waals surface area contributed by atoms with Gasteiger partial charge in [0.25, 0.3) is 5.91 Å². The van der Waals surface area contributed by atoms with Crippen molar-refractivity contribution < 1.29 is 18.3 Å². The zero-order valence-electron chi connectivity index (χ0n) is 13.6. The Morgan fingerprint density at radius 3 is 2.67 bits per heavy atom. The number of aromatic nitrogens is 2. The van der Waals surface area contributed by atoms with Gasteiger partial charge < -0.3 is 4.74 Å². The summed E-state index contributed by atoms with van der Waals surface area (Å²) < 4.78 is 32.3. The van der Waals surface area contributed by atoms with Crippen LogP contribution >= 0.6 is 22.7 Å². The van der Waals surface area contributed by atoms with E-state index < -0.39 is 5.91 Å². The van der Waals surface area contributed by atoms with Crippen molar-refractivity contribution in [2.24, 2.45) is 0 Å². The normalized spacial score (nSPS) is 10.9. The van der Waals surface area contributed by atoms with Crippen molar-refractivity contribution in [1.29, 1.82) is 0 Å². The lowest BCUT2D eigenvalue weighted by Gasteiger charge is -2.03. The first-order valence-electron chi connectivity index (χ1n) is 7.77. The summed E-state index contributed by atoms with van der Waals surface area (Å²) in [6, 6.07) is 9.90. The van der Waals surface area contributed by atoms with Crippen molar-refractivity contribution in [1.82, 2.24) is 9.97 Å². The summed E-state index contributed by atoms with van der Waals surface area (Å²) in [4.78, 5) is 20.8. The maximum atomic E-state index is 13.2. The number of anilines is 1. The maximum absolute atomic E-state index is 13.2. The number of rotatable bonds is 5. The fraction of sp³-hybridized carbons (Fsp3) is 0.0556. The largest absolute Gasteiger partial charge is 0.486 e. The van der Waals surface area contributed by atoms with Gasteiger partial charge >= 0.3 is 0 Å². The van der Waals surface area contributed by atoms with Crippen LogP contribution in [0.2, 0.25) is 0 Å². The second kappa shape index (κ2) is 7.37. The van der Waals surface area contributed by atoms with Gasteiger partial charge in [-0.25, -0.2) is 18.7 Å². The molecule has 9 heteroatoms. The molecule has 27 heavy (non-hydrogen) atoms. The molecule has 0 aliphatic carbocycles. The molecule has 4 rings (SSSR count). The number of thiazole rings is 2. The van der Waals surface area contributed by atoms with Crippen LogP contribution < -0.4 is 10.1 Å². The lowest BCUT2D eigenvalue weighted by atomic mass is 10.3. The molecular formula is C18H11F2N3O2S2. The van der Waals surface area contributed by atoms with E-state index in [4.69, 9.17) is 4.74 Å². The minimum atomic E-state index is -0.404. The van der Waals surface area contributed by atoms with E-state index >= 15 is 0 Å². The number of nitrogens with one attached hydrogen (secondary N) is 1. The Morgan fingerprint density at radius 1 is 1.07 bits per heavy atom. The van der Waals surface area contributed by atoms with Gasteiger partial charge in [-0.2, -0.15) is 0 Å². The maximum Gasteiger partial charge on any atom is 0.276 e. The second-order valence-corrected chi connectivity index (χ2v) is 7.43. The minimum Gasteiger partial charge on any atom is -0.486 e. The van der Waals surface area contributed by atoms with E-state index in [0.29, 0.717) is 26.1 Å². The van der Waals surface area contributed by atoms with Crippen LogP contribution in [0.15, 0.2) is 47.8 Å². The number of ether oxygens (including phenoxy) is 1. The lowest BCUT2D eigenvalue weighted by molar-refractivity contribution is 0.102. The van der Waals surface area contributed by atoms with Crippen LogP contribution in [0.5, 0.6) is 5.75 Å². The summed E-state index contributed by atoms with van der Waals surface area (Å²) in [5.41, 5.74) is 0.853. The molecule has 0 saturated carbocycles. The van der Waals surface area contributed by atoms with Gasteiger partial charge in [0.2, 0.25) is 0 Å². The predicted octanol–water partition coefficient (Wildman–Crippen LogP) is 4.86. The summed E-state index contributed by atoms with van der Waals surface area (Å²) in [5, 5.41) is 5.27. The summed E-state index contributed by atoms with van der Waals surface area (Å²) >= 11 is 2.47. The third kappa shape index (κ3) is 4.09. The second-order valence-electron chi connectivity index (χ2n) is 5.45. The Balaban J connectivity index is 1.40. The zero-order valence-corrected chi connectivity index (χ0v) is 15.2. The standard InChI is InChI=1S/C18H11F2N3O2S2/c19-10-1-4-12(5-2-10)25-8-16-21-14(9-26-16)17(24)23-18-22-13-6-3-11(20)7-15(13)27-18/h1-7,9H,8H2,(H,22,23,24). The molecular weight excluding hydrogens is 392 g/mol. The minimum absolute atomic E-state index is 0.171. The highest BCUT2D eigenvalue weighted by molar-refractivity contribution is 7.22. The molecule has 0 saturated heterocycles. The molecule has 136 valence electrons. The van der Waals surface area contributed by atoms with Crippen molar-refractivity contribution in [2.75, 3.05) is 5.32 Å². The van der Waals surface area contributed by atoms with Gasteiger partial charge in [0.15, 0.2) is 5.13 Å². The van der Waals surface area contributed by atoms with Crippen LogP contribution in [0.25, 0.3) is 10.2 Å². The fourth-order valence-corrected chi connectivity index (χ4v) is 3.84. The van der Waals surface area contributed by atoms with Crippen molar-refractivity contribution in [3.63, 3.8) is 0 Å². The number of amides is 1. The summed E-state index contributed by atoms with van der Waals surface area (Å²) in [6.45, 7) is 0.171. The average molecular weight is 403 g/mol. The highest BCUT2D eigenvalue weighted by atomic mass is 32.1. The Hall–Kier alpha value is -2.91. The molecule has 2 aromatic carbocycles. The van der Waals surface area contributed by atoms with Crippen LogP contribution in [-0.2, 0) is 6.61 Å². The predicted molar refractivity (Wildman–Crippen MR) is 100 cm³/mol. The van der Waals surface area contributed by atoms with Gasteiger partial charge in [0, 0.05) is 5.38 Å². The first-order valence-corrected chi connectivity index (χ1v) is 9.47. The third-order valence-electron chi connectivity index (χ3n) is 3.53. The number of hydrogen-bond donors (Lipinski definition) is 1. The molecule has 4 aromatic rings. The fourth-order valence-electron chi connectivity index (χ4n) is 2.27. The molecule has 1 N–H and O–H groups in total. The molecule has 0 unspecified atom stereocenters. The first-order chi connectivity index (χ1) is 13.1. The van der Waals surface area contributed by atoms with E-state index in [2.05, 4.69) is 15.3 Å². The van der Waals surface area contributed by atoms with Crippen molar-refractivity contribution >= 4 is 43.9 Å². The highest BCUT2D eigenvalue weighted by Gasteiger charge is 2.14. The third-order valence-corrected chi connectivity index (χ3v) is 5.29. The van der Waals surface area contributed by atoms with Gasteiger partial charge in [-0.1, -0.05) is 11.3 Å². The van der Waals surface area contributed by atoms with E-state index in [9.17, 15) is 13.6 Å². The van der Waals surface area contributed by atoms with Gasteiger partial charge in [0.05, 0.1) is 10.2 Å². The average Bonchev–Trinajstić information content (AvgIpc) is 3.27. The van der Waals surface area contributed by atoms with Crippen LogP contribution in [0.1, 0.15) is 15.5 Å². The molecule has 2 aromatic heterocycles. The number of fused-ring (bicyclic) bond motifs is 1. The van der Waals surface area contributed by atoms with Crippen molar-refractivity contribution in [3.05, 3.63) is 70.2 Å². The first kappa shape index (κ1) is 17.5. The van der Waals surface area contributed by atoms with Gasteiger partial charge in [0.1, 0.15) is 34.7 Å². The van der Waals surface area contributed by atoms with Crippen LogP contribution in [0.4, 0.5) is 13.9 Å². The Morgan fingerprint density at radius 2 is 1.85 bits per heavy atom. The van der Waals surface area contributed by atoms with E-state index in [0.717, 1.165) is 0 Å². The highest BCUT2D eigenvalue weighted by Crippen LogP contribution is 2.27. The number of carbonyl (C=O) groups is 1. The smallest absolute Gasteiger partial charge is 0.276 e. The zero-order chi connectivity index (χ0) is 18.8. The SMILES string of the molecule is O=C(Nc1nc2ccc(F)cc2s1)c1csc(COc2ccc(F)cc2)n1. The van der Waals surface area contributed by atoms with E-state index in [1.54, 1.807) is 11.4 Å². The van der Waals surface area contributed by atoms with Gasteiger partial charge in [-0.15, -0.1) is 11.3 Å². The summed E-state index contributed by atoms with van der Waals surface area (Å²) in [6.07, 6.45) is 0. The molecule has 0 radical (unpaired) electrons. The topological polar surface area (TPSA) is 64.1 Å². The molecule has 0 aliphatic rings. The monoisotopic (exact) mass is 403 g/mol. The molecule has 1 amide bonds. The molecule has 0 aliphatic heterocycles. The van der Waals surface area contributed by atoms with Gasteiger partial charge in [-0.05, 0) is 42.5 Å². The number of benzene rings is 2. The lowest BCUT2D eigenvalue weighted by Crippen LogP contribution is -2.12. The number of nitrogens with zero attached hydrogens (tertiary/aromatic N) is 2. The number of carbonyl (C=O) groups excluding carboxylic acids is 1. The van der Waals surface area contributed by atoms with Crippen molar-refractivity contribution in [3.8, 4) is 5.75 Å². The molecule has 0 spiro atoms. The van der Waals surface area contributed by atoms with Gasteiger partial charge in [-0.3, -0.25) is 10.1 Å². The van der Waals surface area contributed by atoms with Crippen LogP contribution in [0.3, 0.4) is 0 Å². The Bertz CT molecular complexity index is 1110. The summed E-state index contributed by atoms with van der Waals surface area (Å²) in [5.74, 6) is -0.583. The Labute approximate surface area is 160 Å².